The molecule has 1 aromatic heterocycles. The maximum Gasteiger partial charge on any atom is 0.266 e. The third-order valence-electron chi connectivity index (χ3n) is 2.80. The van der Waals surface area contributed by atoms with Crippen LogP contribution >= 0.6 is 27.3 Å². The zero-order valence-electron chi connectivity index (χ0n) is 10.5. The molecule has 0 fully saturated rings. The minimum absolute atomic E-state index is 0.0315. The lowest BCUT2D eigenvalue weighted by Gasteiger charge is -2.12. The van der Waals surface area contributed by atoms with Crippen LogP contribution in [0.4, 0.5) is 5.69 Å². The number of thiophene rings is 1. The van der Waals surface area contributed by atoms with Gasteiger partial charge in [0.2, 0.25) is 0 Å². The Morgan fingerprint density at radius 2 is 1.78 bits per heavy atom. The molecule has 0 spiro atoms. The number of aryl methyl sites for hydroxylation is 3. The molecule has 0 aliphatic carbocycles. The highest BCUT2D eigenvalue weighted by Gasteiger charge is 2.13. The molecule has 94 valence electrons. The van der Waals surface area contributed by atoms with Crippen molar-refractivity contribution in [2.75, 3.05) is 5.32 Å². The molecule has 0 bridgehead atoms. The van der Waals surface area contributed by atoms with E-state index in [1.54, 1.807) is 0 Å². The summed E-state index contributed by atoms with van der Waals surface area (Å²) in [7, 11) is 0. The van der Waals surface area contributed by atoms with Crippen molar-refractivity contribution in [3.05, 3.63) is 49.6 Å². The molecule has 0 saturated heterocycles. The van der Waals surface area contributed by atoms with Crippen LogP contribution in [0.15, 0.2) is 28.1 Å². The molecule has 1 N–H and O–H groups in total. The maximum atomic E-state index is 12.2. The summed E-state index contributed by atoms with van der Waals surface area (Å²) < 4.78 is 1.03. The third-order valence-corrected chi connectivity index (χ3v) is 4.28. The van der Waals surface area contributed by atoms with Crippen LogP contribution in [0.25, 0.3) is 0 Å². The summed E-state index contributed by atoms with van der Waals surface area (Å²) in [6, 6.07) is 5.97. The number of amides is 1. The Kier molecular flexibility index (Phi) is 3.88. The summed E-state index contributed by atoms with van der Waals surface area (Å²) in [5, 5.41) is 4.94. The molecule has 0 radical (unpaired) electrons. The molecule has 1 amide bonds. The van der Waals surface area contributed by atoms with Gasteiger partial charge in [0.1, 0.15) is 0 Å². The molecule has 0 aliphatic heterocycles. The van der Waals surface area contributed by atoms with Gasteiger partial charge in [0, 0.05) is 10.2 Å². The van der Waals surface area contributed by atoms with Crippen molar-refractivity contribution < 1.29 is 4.79 Å². The van der Waals surface area contributed by atoms with Gasteiger partial charge in [-0.1, -0.05) is 15.9 Å². The summed E-state index contributed by atoms with van der Waals surface area (Å²) in [6.45, 7) is 5.94. The molecule has 0 saturated carbocycles. The molecule has 0 unspecified atom stereocenters. The zero-order chi connectivity index (χ0) is 13.3. The molecular weight excluding hydrogens is 310 g/mol. The fourth-order valence-corrected chi connectivity index (χ4v) is 3.39. The Hall–Kier alpha value is -1.13. The van der Waals surface area contributed by atoms with Crippen LogP contribution in [0.2, 0.25) is 0 Å². The summed E-state index contributed by atoms with van der Waals surface area (Å²) in [4.78, 5) is 12.9. The van der Waals surface area contributed by atoms with Crippen LogP contribution in [-0.2, 0) is 0 Å². The Morgan fingerprint density at radius 1 is 1.17 bits per heavy atom. The van der Waals surface area contributed by atoms with Crippen molar-refractivity contribution in [3.63, 3.8) is 0 Å². The quantitative estimate of drug-likeness (QED) is 0.853. The number of carbonyl (C=O) groups is 1. The van der Waals surface area contributed by atoms with Gasteiger partial charge in [-0.2, -0.15) is 0 Å². The number of rotatable bonds is 2. The number of halogens is 1. The monoisotopic (exact) mass is 323 g/mol. The van der Waals surface area contributed by atoms with E-state index in [1.807, 2.05) is 44.4 Å². The predicted octanol–water partition coefficient (Wildman–Crippen LogP) is 4.69. The molecule has 2 rings (SSSR count). The van der Waals surface area contributed by atoms with Gasteiger partial charge in [0.25, 0.3) is 5.91 Å². The van der Waals surface area contributed by atoms with Gasteiger partial charge in [0.05, 0.1) is 4.88 Å². The van der Waals surface area contributed by atoms with Crippen LogP contribution in [0.1, 0.15) is 26.4 Å². The van der Waals surface area contributed by atoms with E-state index in [-0.39, 0.29) is 5.91 Å². The molecule has 2 aromatic rings. The molecule has 1 heterocycles. The van der Waals surface area contributed by atoms with Crippen LogP contribution in [0.3, 0.4) is 0 Å². The Balaban J connectivity index is 2.31. The molecule has 0 atom stereocenters. The van der Waals surface area contributed by atoms with E-state index in [0.717, 1.165) is 31.7 Å². The van der Waals surface area contributed by atoms with Gasteiger partial charge in [-0.25, -0.2) is 0 Å². The first-order chi connectivity index (χ1) is 8.49. The smallest absolute Gasteiger partial charge is 0.266 e. The zero-order valence-corrected chi connectivity index (χ0v) is 12.9. The van der Waals surface area contributed by atoms with Crippen molar-refractivity contribution in [2.24, 2.45) is 0 Å². The van der Waals surface area contributed by atoms with E-state index in [9.17, 15) is 4.79 Å². The fraction of sp³-hybridized carbons (Fsp3) is 0.214. The lowest BCUT2D eigenvalue weighted by Crippen LogP contribution is -2.13. The third kappa shape index (κ3) is 2.65. The second-order valence-electron chi connectivity index (χ2n) is 4.30. The van der Waals surface area contributed by atoms with Crippen molar-refractivity contribution in [2.45, 2.75) is 20.8 Å². The number of carbonyl (C=O) groups excluding carboxylic acids is 1. The van der Waals surface area contributed by atoms with Crippen LogP contribution in [0, 0.1) is 20.8 Å². The SMILES string of the molecule is Cc1ccsc1C(=O)Nc1c(C)cc(Br)cc1C. The van der Waals surface area contributed by atoms with Crippen LogP contribution in [0.5, 0.6) is 0 Å². The number of benzene rings is 1. The molecule has 18 heavy (non-hydrogen) atoms. The van der Waals surface area contributed by atoms with E-state index in [0.29, 0.717) is 0 Å². The molecule has 1 aromatic carbocycles. The van der Waals surface area contributed by atoms with E-state index >= 15 is 0 Å². The molecule has 0 aliphatic rings. The second-order valence-corrected chi connectivity index (χ2v) is 6.13. The number of hydrogen-bond acceptors (Lipinski definition) is 2. The van der Waals surface area contributed by atoms with Crippen molar-refractivity contribution in [1.82, 2.24) is 0 Å². The predicted molar refractivity (Wildman–Crippen MR) is 80.6 cm³/mol. The molecule has 2 nitrogen and oxygen atoms in total. The fourth-order valence-electron chi connectivity index (χ4n) is 1.88. The largest absolute Gasteiger partial charge is 0.321 e. The summed E-state index contributed by atoms with van der Waals surface area (Å²) in [6.07, 6.45) is 0. The standard InChI is InChI=1S/C14H14BrNOS/c1-8-4-5-18-13(8)14(17)16-12-9(2)6-11(15)7-10(12)3/h4-7H,1-3H3,(H,16,17). The first-order valence-corrected chi connectivity index (χ1v) is 7.28. The first kappa shape index (κ1) is 13.3. The van der Waals surface area contributed by atoms with Crippen LogP contribution in [-0.4, -0.2) is 5.91 Å². The van der Waals surface area contributed by atoms with Gasteiger partial charge < -0.3 is 5.32 Å². The van der Waals surface area contributed by atoms with Gasteiger partial charge in [-0.15, -0.1) is 11.3 Å². The average molecular weight is 324 g/mol. The lowest BCUT2D eigenvalue weighted by molar-refractivity contribution is 0.103. The normalized spacial score (nSPS) is 10.4. The van der Waals surface area contributed by atoms with Crippen molar-refractivity contribution >= 4 is 38.9 Å². The average Bonchev–Trinajstić information content (AvgIpc) is 2.69. The second kappa shape index (κ2) is 5.24. The Morgan fingerprint density at radius 3 is 2.28 bits per heavy atom. The highest BCUT2D eigenvalue weighted by molar-refractivity contribution is 9.10. The van der Waals surface area contributed by atoms with Gasteiger partial charge in [-0.05, 0) is 61.0 Å². The lowest BCUT2D eigenvalue weighted by atomic mass is 10.1. The summed E-state index contributed by atoms with van der Waals surface area (Å²) in [5.74, 6) is -0.0315. The van der Waals surface area contributed by atoms with Crippen LogP contribution < -0.4 is 5.32 Å². The highest BCUT2D eigenvalue weighted by Crippen LogP contribution is 2.26. The number of anilines is 1. The van der Waals surface area contributed by atoms with Crippen molar-refractivity contribution in [3.8, 4) is 0 Å². The minimum Gasteiger partial charge on any atom is -0.321 e. The number of hydrogen-bond donors (Lipinski definition) is 1. The van der Waals surface area contributed by atoms with Gasteiger partial charge >= 0.3 is 0 Å². The van der Waals surface area contributed by atoms with Crippen molar-refractivity contribution in [1.29, 1.82) is 0 Å². The minimum atomic E-state index is -0.0315. The van der Waals surface area contributed by atoms with E-state index in [1.165, 1.54) is 11.3 Å². The maximum absolute atomic E-state index is 12.2. The van der Waals surface area contributed by atoms with E-state index in [4.69, 9.17) is 0 Å². The van der Waals surface area contributed by atoms with Gasteiger partial charge in [-0.3, -0.25) is 4.79 Å². The Labute approximate surface area is 119 Å². The molecule has 4 heteroatoms. The molecular formula is C14H14BrNOS. The topological polar surface area (TPSA) is 29.1 Å². The first-order valence-electron chi connectivity index (χ1n) is 5.61. The Bertz CT molecular complexity index is 581. The summed E-state index contributed by atoms with van der Waals surface area (Å²) >= 11 is 4.92. The van der Waals surface area contributed by atoms with Gasteiger partial charge in [0.15, 0.2) is 0 Å². The van der Waals surface area contributed by atoms with E-state index < -0.39 is 0 Å². The summed E-state index contributed by atoms with van der Waals surface area (Å²) in [5.41, 5.74) is 4.04. The number of nitrogens with one attached hydrogen (secondary N) is 1. The van der Waals surface area contributed by atoms with E-state index in [2.05, 4.69) is 21.2 Å². The highest BCUT2D eigenvalue weighted by atomic mass is 79.9.